The number of rotatable bonds is 7. The van der Waals surface area contributed by atoms with E-state index in [1.807, 2.05) is 0 Å². The molecule has 0 aliphatic rings. The van der Waals surface area contributed by atoms with Crippen LogP contribution in [-0.4, -0.2) is 24.1 Å². The summed E-state index contributed by atoms with van der Waals surface area (Å²) in [5.41, 5.74) is 0.309. The molecular formula is C23H17FNO6-. The van der Waals surface area contributed by atoms with Crippen molar-refractivity contribution in [3.05, 3.63) is 101 Å². The van der Waals surface area contributed by atoms with Crippen molar-refractivity contribution in [2.24, 2.45) is 0 Å². The second-order valence-electron chi connectivity index (χ2n) is 6.29. The van der Waals surface area contributed by atoms with Gasteiger partial charge >= 0.3 is 5.97 Å². The smallest absolute Gasteiger partial charge is 0.343 e. The quantitative estimate of drug-likeness (QED) is 0.195. The second kappa shape index (κ2) is 9.66. The van der Waals surface area contributed by atoms with Crippen LogP contribution >= 0.6 is 0 Å². The molecule has 7 nitrogen and oxygen atoms in total. The zero-order valence-electron chi connectivity index (χ0n) is 16.3. The maximum absolute atomic E-state index is 13.8. The number of anilines is 1. The fourth-order valence-electron chi connectivity index (χ4n) is 2.67. The molecule has 8 heteroatoms. The molecule has 3 aromatic carbocycles. The van der Waals surface area contributed by atoms with E-state index < -0.39 is 17.6 Å². The summed E-state index contributed by atoms with van der Waals surface area (Å²) in [5, 5.41) is 19.4. The highest BCUT2D eigenvalue weighted by atomic mass is 19.1. The topological polar surface area (TPSA) is 99.1 Å². The van der Waals surface area contributed by atoms with Gasteiger partial charge in [0.25, 0.3) is 0 Å². The molecule has 0 aromatic heterocycles. The van der Waals surface area contributed by atoms with E-state index in [4.69, 9.17) is 14.7 Å². The lowest BCUT2D eigenvalue weighted by Crippen LogP contribution is -2.12. The molecular weight excluding hydrogens is 405 g/mol. The molecule has 0 unspecified atom stereocenters. The van der Waals surface area contributed by atoms with Gasteiger partial charge in [0.2, 0.25) is 0 Å². The van der Waals surface area contributed by atoms with Crippen molar-refractivity contribution in [3.63, 3.8) is 0 Å². The third kappa shape index (κ3) is 5.33. The van der Waals surface area contributed by atoms with Crippen LogP contribution in [0.4, 0.5) is 10.1 Å². The SMILES string of the molecule is COc1ccc(OC(=O)c2ccc(N([O-])O)cc2)c(C(=O)C=Cc2ccccc2F)c1. The second-order valence-corrected chi connectivity index (χ2v) is 6.29. The molecule has 31 heavy (non-hydrogen) atoms. The number of hydrogen-bond donors (Lipinski definition) is 1. The van der Waals surface area contributed by atoms with Crippen LogP contribution in [0.3, 0.4) is 0 Å². The van der Waals surface area contributed by atoms with Crippen molar-refractivity contribution < 1.29 is 28.7 Å². The molecule has 0 radical (unpaired) electrons. The van der Waals surface area contributed by atoms with E-state index in [0.29, 0.717) is 5.75 Å². The van der Waals surface area contributed by atoms with E-state index in [0.717, 1.165) is 0 Å². The number of esters is 1. The van der Waals surface area contributed by atoms with Gasteiger partial charge in [-0.2, -0.15) is 0 Å². The van der Waals surface area contributed by atoms with Crippen LogP contribution in [0.5, 0.6) is 11.5 Å². The molecule has 0 bridgehead atoms. The molecule has 0 aliphatic carbocycles. The molecule has 0 saturated heterocycles. The van der Waals surface area contributed by atoms with Crippen molar-refractivity contribution in [2.45, 2.75) is 0 Å². The number of carbonyl (C=O) groups excluding carboxylic acids is 2. The number of halogens is 1. The number of hydrogen-bond acceptors (Lipinski definition) is 7. The summed E-state index contributed by atoms with van der Waals surface area (Å²) in [7, 11) is 1.42. The summed E-state index contributed by atoms with van der Waals surface area (Å²) in [5.74, 6) is -1.44. The monoisotopic (exact) mass is 422 g/mol. The predicted molar refractivity (Wildman–Crippen MR) is 112 cm³/mol. The first-order valence-corrected chi connectivity index (χ1v) is 9.02. The van der Waals surface area contributed by atoms with Crippen molar-refractivity contribution in [1.82, 2.24) is 0 Å². The lowest BCUT2D eigenvalue weighted by atomic mass is 10.1. The number of carbonyl (C=O) groups is 2. The Morgan fingerprint density at radius 1 is 1.06 bits per heavy atom. The first-order chi connectivity index (χ1) is 14.9. The van der Waals surface area contributed by atoms with Gasteiger partial charge in [0.05, 0.1) is 23.9 Å². The summed E-state index contributed by atoms with van der Waals surface area (Å²) in [4.78, 5) is 25.2. The van der Waals surface area contributed by atoms with Crippen LogP contribution in [0.15, 0.2) is 72.8 Å². The van der Waals surface area contributed by atoms with Gasteiger partial charge in [0.15, 0.2) is 5.78 Å². The molecule has 1 N–H and O–H groups in total. The van der Waals surface area contributed by atoms with Crippen molar-refractivity contribution >= 4 is 23.5 Å². The van der Waals surface area contributed by atoms with Crippen LogP contribution in [-0.2, 0) is 0 Å². The van der Waals surface area contributed by atoms with Gasteiger partial charge in [-0.3, -0.25) is 10.0 Å². The highest BCUT2D eigenvalue weighted by Gasteiger charge is 2.17. The van der Waals surface area contributed by atoms with Crippen LogP contribution in [0, 0.1) is 11.0 Å². The summed E-state index contributed by atoms with van der Waals surface area (Å²) >= 11 is 0. The van der Waals surface area contributed by atoms with Gasteiger partial charge in [-0.05, 0) is 60.7 Å². The molecule has 0 aliphatic heterocycles. The maximum Gasteiger partial charge on any atom is 0.343 e. The van der Waals surface area contributed by atoms with Gasteiger partial charge < -0.3 is 19.9 Å². The van der Waals surface area contributed by atoms with Crippen LogP contribution in [0.2, 0.25) is 0 Å². The van der Waals surface area contributed by atoms with Gasteiger partial charge in [-0.15, -0.1) is 0 Å². The molecule has 0 fully saturated rings. The van der Waals surface area contributed by atoms with Gasteiger partial charge in [0, 0.05) is 5.56 Å². The first-order valence-electron chi connectivity index (χ1n) is 9.02. The van der Waals surface area contributed by atoms with Gasteiger partial charge in [-0.1, -0.05) is 18.2 Å². The number of methoxy groups -OCH3 is 1. The van der Waals surface area contributed by atoms with E-state index >= 15 is 0 Å². The molecule has 3 rings (SSSR count). The molecule has 0 atom stereocenters. The summed E-state index contributed by atoms with van der Waals surface area (Å²) < 4.78 is 24.3. The van der Waals surface area contributed by atoms with E-state index in [2.05, 4.69) is 0 Å². The number of benzene rings is 3. The fraction of sp³-hybridized carbons (Fsp3) is 0.0435. The molecule has 0 amide bonds. The van der Waals surface area contributed by atoms with Crippen LogP contribution in [0.25, 0.3) is 6.08 Å². The average Bonchev–Trinajstić information content (AvgIpc) is 2.78. The zero-order valence-corrected chi connectivity index (χ0v) is 16.3. The molecule has 158 valence electrons. The van der Waals surface area contributed by atoms with Crippen molar-refractivity contribution in [3.8, 4) is 11.5 Å². The molecule has 0 heterocycles. The minimum absolute atomic E-state index is 0.0225. The van der Waals surface area contributed by atoms with E-state index in [-0.39, 0.29) is 33.4 Å². The van der Waals surface area contributed by atoms with E-state index in [1.165, 1.54) is 79.9 Å². The minimum Gasteiger partial charge on any atom is -0.733 e. The van der Waals surface area contributed by atoms with Gasteiger partial charge in [0.1, 0.15) is 17.3 Å². The number of ether oxygens (including phenoxy) is 2. The Bertz CT molecular complexity index is 1130. The Balaban J connectivity index is 1.86. The Hall–Kier alpha value is -4.01. The minimum atomic E-state index is -0.778. The summed E-state index contributed by atoms with van der Waals surface area (Å²) in [6.45, 7) is 0. The Morgan fingerprint density at radius 2 is 1.77 bits per heavy atom. The molecule has 3 aromatic rings. The normalized spacial score (nSPS) is 10.7. The third-order valence-electron chi connectivity index (χ3n) is 4.30. The summed E-state index contributed by atoms with van der Waals surface area (Å²) in [6, 6.07) is 15.4. The highest BCUT2D eigenvalue weighted by molar-refractivity contribution is 6.09. The van der Waals surface area contributed by atoms with E-state index in [1.54, 1.807) is 6.07 Å². The Kier molecular flexibility index (Phi) is 6.76. The Morgan fingerprint density at radius 3 is 2.42 bits per heavy atom. The van der Waals surface area contributed by atoms with Gasteiger partial charge in [-0.25, -0.2) is 9.18 Å². The average molecular weight is 422 g/mol. The van der Waals surface area contributed by atoms with Crippen molar-refractivity contribution in [1.29, 1.82) is 0 Å². The Labute approximate surface area is 177 Å². The fourth-order valence-corrected chi connectivity index (χ4v) is 2.67. The van der Waals surface area contributed by atoms with E-state index in [9.17, 15) is 19.2 Å². The lowest BCUT2D eigenvalue weighted by molar-refractivity contribution is 0.0733. The molecule has 0 spiro atoms. The van der Waals surface area contributed by atoms with Crippen LogP contribution in [0.1, 0.15) is 26.3 Å². The summed E-state index contributed by atoms with van der Waals surface area (Å²) in [6.07, 6.45) is 2.49. The third-order valence-corrected chi connectivity index (χ3v) is 4.30. The van der Waals surface area contributed by atoms with Crippen molar-refractivity contribution in [2.75, 3.05) is 12.3 Å². The largest absolute Gasteiger partial charge is 0.733 e. The number of ketones is 1. The molecule has 0 saturated carbocycles. The predicted octanol–water partition coefficient (Wildman–Crippen LogP) is 4.64. The lowest BCUT2D eigenvalue weighted by Gasteiger charge is -2.21. The standard InChI is InChI=1S/C23H17FNO6/c1-30-18-11-13-22(31-23(27)16-6-9-17(10-7-16)25(28)29)19(14-18)21(26)12-8-15-4-2-3-5-20(15)24/h2-14,28H,1H3/q-1. The maximum atomic E-state index is 13.8. The van der Waals surface area contributed by atoms with Crippen LogP contribution < -0.4 is 14.7 Å². The zero-order chi connectivity index (χ0) is 22.4. The number of nitrogens with zero attached hydrogens (tertiary/aromatic N) is 1. The number of allylic oxidation sites excluding steroid dienone is 1. The highest BCUT2D eigenvalue weighted by Crippen LogP contribution is 2.26. The first kappa shape index (κ1) is 21.7.